The highest BCUT2D eigenvalue weighted by Crippen LogP contribution is 2.23. The van der Waals surface area contributed by atoms with Crippen LogP contribution in [0.2, 0.25) is 0 Å². The van der Waals surface area contributed by atoms with Gasteiger partial charge in [-0.25, -0.2) is 4.99 Å². The summed E-state index contributed by atoms with van der Waals surface area (Å²) in [4.78, 5) is 4.49. The molecule has 2 heterocycles. The molecule has 1 aromatic heterocycles. The lowest BCUT2D eigenvalue weighted by Crippen LogP contribution is -2.45. The van der Waals surface area contributed by atoms with Crippen molar-refractivity contribution in [1.82, 2.24) is 10.6 Å². The van der Waals surface area contributed by atoms with Crippen molar-refractivity contribution in [3.8, 4) is 0 Å². The summed E-state index contributed by atoms with van der Waals surface area (Å²) >= 11 is 0. The largest absolute Gasteiger partial charge is 0.467 e. The summed E-state index contributed by atoms with van der Waals surface area (Å²) in [5, 5.41) is 6.57. The van der Waals surface area contributed by atoms with Crippen LogP contribution in [-0.4, -0.2) is 31.3 Å². The lowest BCUT2D eigenvalue weighted by Gasteiger charge is -2.24. The van der Waals surface area contributed by atoms with Gasteiger partial charge in [0, 0.05) is 19.7 Å². The molecule has 0 aliphatic carbocycles. The number of guanidine groups is 1. The fraction of sp³-hybridized carbons (Fsp3) is 0.643. The SMILES string of the molecule is CCNC(=NCc1ccco1)NCC1(C)CCCO1.I. The Bertz CT molecular complexity index is 401. The van der Waals surface area contributed by atoms with Crippen molar-refractivity contribution in [2.75, 3.05) is 19.7 Å². The maximum Gasteiger partial charge on any atom is 0.191 e. The van der Waals surface area contributed by atoms with Crippen LogP contribution in [0.5, 0.6) is 0 Å². The summed E-state index contributed by atoms with van der Waals surface area (Å²) in [6.45, 7) is 7.21. The van der Waals surface area contributed by atoms with Gasteiger partial charge in [0.1, 0.15) is 12.3 Å². The molecule has 1 aliphatic rings. The van der Waals surface area contributed by atoms with E-state index in [1.807, 2.05) is 12.1 Å². The molecule has 1 saturated heterocycles. The number of nitrogens with zero attached hydrogens (tertiary/aromatic N) is 1. The first-order valence-corrected chi connectivity index (χ1v) is 6.90. The third-order valence-corrected chi connectivity index (χ3v) is 3.25. The van der Waals surface area contributed by atoms with Crippen LogP contribution in [0.25, 0.3) is 0 Å². The fourth-order valence-electron chi connectivity index (χ4n) is 2.15. The van der Waals surface area contributed by atoms with Crippen molar-refractivity contribution >= 4 is 29.9 Å². The van der Waals surface area contributed by atoms with Crippen molar-refractivity contribution < 1.29 is 9.15 Å². The highest BCUT2D eigenvalue weighted by molar-refractivity contribution is 14.0. The van der Waals surface area contributed by atoms with Crippen molar-refractivity contribution in [3.05, 3.63) is 24.2 Å². The predicted molar refractivity (Wildman–Crippen MR) is 90.5 cm³/mol. The van der Waals surface area contributed by atoms with Gasteiger partial charge in [0.25, 0.3) is 0 Å². The van der Waals surface area contributed by atoms with Gasteiger partial charge in [-0.3, -0.25) is 0 Å². The van der Waals surface area contributed by atoms with Crippen LogP contribution in [0.3, 0.4) is 0 Å². The van der Waals surface area contributed by atoms with Gasteiger partial charge in [-0.15, -0.1) is 24.0 Å². The summed E-state index contributed by atoms with van der Waals surface area (Å²) < 4.78 is 11.0. The van der Waals surface area contributed by atoms with E-state index in [4.69, 9.17) is 9.15 Å². The molecule has 0 saturated carbocycles. The van der Waals surface area contributed by atoms with Crippen molar-refractivity contribution in [2.45, 2.75) is 38.8 Å². The van der Waals surface area contributed by atoms with E-state index in [9.17, 15) is 0 Å². The van der Waals surface area contributed by atoms with E-state index in [2.05, 4.69) is 29.5 Å². The van der Waals surface area contributed by atoms with E-state index in [0.29, 0.717) is 6.54 Å². The molecular weight excluding hydrogens is 369 g/mol. The molecule has 5 nitrogen and oxygen atoms in total. The standard InChI is InChI=1S/C14H23N3O2.HI/c1-3-15-13(16-10-12-6-4-8-18-12)17-11-14(2)7-5-9-19-14;/h4,6,8H,3,5,7,9-11H2,1-2H3,(H2,15,16,17);1H. The number of hydrogen-bond acceptors (Lipinski definition) is 3. The van der Waals surface area contributed by atoms with Gasteiger partial charge in [0.2, 0.25) is 0 Å². The molecule has 0 radical (unpaired) electrons. The Morgan fingerprint density at radius 1 is 1.45 bits per heavy atom. The van der Waals surface area contributed by atoms with E-state index >= 15 is 0 Å². The second-order valence-corrected chi connectivity index (χ2v) is 5.03. The number of aliphatic imine (C=N–C) groups is 1. The Morgan fingerprint density at radius 2 is 2.30 bits per heavy atom. The Labute approximate surface area is 137 Å². The molecule has 20 heavy (non-hydrogen) atoms. The zero-order chi connectivity index (χ0) is 13.6. The summed E-state index contributed by atoms with van der Waals surface area (Å²) in [6.07, 6.45) is 3.90. The molecule has 2 N–H and O–H groups in total. The minimum Gasteiger partial charge on any atom is -0.467 e. The molecule has 1 aromatic rings. The van der Waals surface area contributed by atoms with Gasteiger partial charge >= 0.3 is 0 Å². The number of ether oxygens (including phenoxy) is 1. The van der Waals surface area contributed by atoms with E-state index in [-0.39, 0.29) is 29.6 Å². The van der Waals surface area contributed by atoms with Crippen molar-refractivity contribution in [3.63, 3.8) is 0 Å². The molecule has 0 spiro atoms. The Hall–Kier alpha value is -0.760. The molecule has 1 aliphatic heterocycles. The first kappa shape index (κ1) is 17.3. The first-order chi connectivity index (χ1) is 9.22. The molecule has 0 bridgehead atoms. The molecule has 0 aromatic carbocycles. The van der Waals surface area contributed by atoms with E-state index in [1.54, 1.807) is 6.26 Å². The van der Waals surface area contributed by atoms with Crippen LogP contribution >= 0.6 is 24.0 Å². The zero-order valence-corrected chi connectivity index (χ0v) is 14.5. The third-order valence-electron chi connectivity index (χ3n) is 3.25. The van der Waals surface area contributed by atoms with Crippen LogP contribution in [0.4, 0.5) is 0 Å². The minimum absolute atomic E-state index is 0. The maximum absolute atomic E-state index is 5.76. The van der Waals surface area contributed by atoms with Crippen LogP contribution in [0, 0.1) is 0 Å². The molecule has 6 heteroatoms. The normalized spacial score (nSPS) is 22.4. The van der Waals surface area contributed by atoms with Gasteiger partial charge in [-0.2, -0.15) is 0 Å². The lowest BCUT2D eigenvalue weighted by atomic mass is 10.0. The highest BCUT2D eigenvalue weighted by Gasteiger charge is 2.29. The van der Waals surface area contributed by atoms with Crippen molar-refractivity contribution in [1.29, 1.82) is 0 Å². The van der Waals surface area contributed by atoms with Crippen LogP contribution in [0.15, 0.2) is 27.8 Å². The monoisotopic (exact) mass is 393 g/mol. The van der Waals surface area contributed by atoms with Gasteiger partial charge in [-0.1, -0.05) is 0 Å². The third kappa shape index (κ3) is 5.32. The van der Waals surface area contributed by atoms with Gasteiger partial charge in [0.05, 0.1) is 11.9 Å². The first-order valence-electron chi connectivity index (χ1n) is 6.90. The number of nitrogens with one attached hydrogen (secondary N) is 2. The zero-order valence-electron chi connectivity index (χ0n) is 12.1. The van der Waals surface area contributed by atoms with Gasteiger partial charge in [-0.05, 0) is 38.8 Å². The summed E-state index contributed by atoms with van der Waals surface area (Å²) in [6, 6.07) is 3.80. The molecule has 1 fully saturated rings. The van der Waals surface area contributed by atoms with Crippen LogP contribution in [-0.2, 0) is 11.3 Å². The summed E-state index contributed by atoms with van der Waals surface area (Å²) in [7, 11) is 0. The number of hydrogen-bond donors (Lipinski definition) is 2. The number of rotatable bonds is 5. The molecule has 0 amide bonds. The molecule has 2 rings (SSSR count). The fourth-order valence-corrected chi connectivity index (χ4v) is 2.15. The lowest BCUT2D eigenvalue weighted by molar-refractivity contribution is 0.0243. The van der Waals surface area contributed by atoms with E-state index < -0.39 is 0 Å². The maximum atomic E-state index is 5.76. The number of halogens is 1. The molecule has 114 valence electrons. The Kier molecular flexibility index (Phi) is 7.36. The molecular formula is C14H24IN3O2. The highest BCUT2D eigenvalue weighted by atomic mass is 127. The summed E-state index contributed by atoms with van der Waals surface area (Å²) in [5.41, 5.74) is -0.0686. The Morgan fingerprint density at radius 3 is 2.90 bits per heavy atom. The van der Waals surface area contributed by atoms with Crippen molar-refractivity contribution in [2.24, 2.45) is 4.99 Å². The average molecular weight is 393 g/mol. The van der Waals surface area contributed by atoms with Crippen LogP contribution < -0.4 is 10.6 Å². The van der Waals surface area contributed by atoms with Gasteiger partial charge < -0.3 is 19.8 Å². The second-order valence-electron chi connectivity index (χ2n) is 5.03. The molecule has 1 atom stereocenters. The van der Waals surface area contributed by atoms with E-state index in [1.165, 1.54) is 0 Å². The summed E-state index contributed by atoms with van der Waals surface area (Å²) in [5.74, 6) is 1.66. The topological polar surface area (TPSA) is 58.8 Å². The Balaban J connectivity index is 0.00000200. The predicted octanol–water partition coefficient (Wildman–Crippen LogP) is 2.52. The average Bonchev–Trinajstić information content (AvgIpc) is 3.05. The van der Waals surface area contributed by atoms with E-state index in [0.717, 1.165) is 44.3 Å². The minimum atomic E-state index is -0.0686. The quantitative estimate of drug-likeness (QED) is 0.459. The smallest absolute Gasteiger partial charge is 0.191 e. The van der Waals surface area contributed by atoms with Crippen LogP contribution in [0.1, 0.15) is 32.4 Å². The second kappa shape index (κ2) is 8.51. The van der Waals surface area contributed by atoms with Gasteiger partial charge in [0.15, 0.2) is 5.96 Å². The number of furan rings is 1. The molecule has 1 unspecified atom stereocenters.